The number of halogens is 1. The molecule has 19 heavy (non-hydrogen) atoms. The van der Waals surface area contributed by atoms with Gasteiger partial charge in [-0.25, -0.2) is 0 Å². The normalized spacial score (nSPS) is 10.1. The zero-order chi connectivity index (χ0) is 14.3. The van der Waals surface area contributed by atoms with E-state index in [0.717, 1.165) is 3.57 Å². The SMILES string of the molecule is CCOc1cc(C(=O)NCCOC)cc(I)c1OC. The molecule has 6 heteroatoms. The number of nitrogens with one attached hydrogen (secondary N) is 1. The summed E-state index contributed by atoms with van der Waals surface area (Å²) in [5.41, 5.74) is 0.546. The molecule has 5 nitrogen and oxygen atoms in total. The van der Waals surface area contributed by atoms with Crippen molar-refractivity contribution in [2.45, 2.75) is 6.92 Å². The first-order chi connectivity index (χ1) is 9.13. The summed E-state index contributed by atoms with van der Waals surface area (Å²) in [6, 6.07) is 3.46. The highest BCUT2D eigenvalue weighted by Crippen LogP contribution is 2.33. The minimum absolute atomic E-state index is 0.154. The third-order valence-electron chi connectivity index (χ3n) is 2.37. The Kier molecular flexibility index (Phi) is 6.93. The number of hydrogen-bond acceptors (Lipinski definition) is 4. The van der Waals surface area contributed by atoms with Crippen molar-refractivity contribution in [3.63, 3.8) is 0 Å². The molecule has 1 N–H and O–H groups in total. The average molecular weight is 379 g/mol. The second kappa shape index (κ2) is 8.21. The van der Waals surface area contributed by atoms with E-state index in [2.05, 4.69) is 27.9 Å². The van der Waals surface area contributed by atoms with Gasteiger partial charge in [-0.2, -0.15) is 0 Å². The van der Waals surface area contributed by atoms with E-state index in [0.29, 0.717) is 36.8 Å². The smallest absolute Gasteiger partial charge is 0.251 e. The minimum atomic E-state index is -0.154. The van der Waals surface area contributed by atoms with Gasteiger partial charge in [0.05, 0.1) is 23.9 Å². The maximum absolute atomic E-state index is 12.0. The zero-order valence-electron chi connectivity index (χ0n) is 11.3. The van der Waals surface area contributed by atoms with Crippen LogP contribution in [0.4, 0.5) is 0 Å². The zero-order valence-corrected chi connectivity index (χ0v) is 13.4. The number of amides is 1. The molecule has 0 fully saturated rings. The summed E-state index contributed by atoms with van der Waals surface area (Å²) in [4.78, 5) is 12.0. The van der Waals surface area contributed by atoms with E-state index in [4.69, 9.17) is 14.2 Å². The predicted molar refractivity (Wildman–Crippen MR) is 81.1 cm³/mol. The third-order valence-corrected chi connectivity index (χ3v) is 3.17. The summed E-state index contributed by atoms with van der Waals surface area (Å²) in [5.74, 6) is 1.07. The molecule has 1 aromatic carbocycles. The van der Waals surface area contributed by atoms with Crippen LogP contribution in [0.3, 0.4) is 0 Å². The number of hydrogen-bond donors (Lipinski definition) is 1. The van der Waals surface area contributed by atoms with E-state index in [9.17, 15) is 4.79 Å². The highest BCUT2D eigenvalue weighted by Gasteiger charge is 2.14. The van der Waals surface area contributed by atoms with Gasteiger partial charge in [-0.05, 0) is 41.6 Å². The van der Waals surface area contributed by atoms with Crippen LogP contribution in [0.25, 0.3) is 0 Å². The number of carbonyl (C=O) groups is 1. The lowest BCUT2D eigenvalue weighted by molar-refractivity contribution is 0.0936. The number of rotatable bonds is 7. The summed E-state index contributed by atoms with van der Waals surface area (Å²) < 4.78 is 16.5. The molecule has 0 aliphatic heterocycles. The Balaban J connectivity index is 2.92. The minimum Gasteiger partial charge on any atom is -0.492 e. The summed E-state index contributed by atoms with van der Waals surface area (Å²) in [6.07, 6.45) is 0. The maximum Gasteiger partial charge on any atom is 0.251 e. The van der Waals surface area contributed by atoms with Crippen LogP contribution in [-0.4, -0.2) is 39.9 Å². The van der Waals surface area contributed by atoms with Crippen molar-refractivity contribution in [1.82, 2.24) is 5.32 Å². The number of carbonyl (C=O) groups excluding carboxylic acids is 1. The Morgan fingerprint density at radius 2 is 2.11 bits per heavy atom. The highest BCUT2D eigenvalue weighted by molar-refractivity contribution is 14.1. The van der Waals surface area contributed by atoms with Gasteiger partial charge in [-0.15, -0.1) is 0 Å². The Bertz CT molecular complexity index is 437. The van der Waals surface area contributed by atoms with E-state index in [1.165, 1.54) is 0 Å². The first-order valence-electron chi connectivity index (χ1n) is 5.91. The van der Waals surface area contributed by atoms with Crippen LogP contribution in [0, 0.1) is 3.57 Å². The lowest BCUT2D eigenvalue weighted by Gasteiger charge is -2.13. The molecule has 0 radical (unpaired) electrons. The molecule has 0 saturated heterocycles. The van der Waals surface area contributed by atoms with Crippen molar-refractivity contribution in [2.24, 2.45) is 0 Å². The summed E-state index contributed by atoms with van der Waals surface area (Å²) in [5, 5.41) is 2.77. The summed E-state index contributed by atoms with van der Waals surface area (Å²) in [7, 11) is 3.17. The fraction of sp³-hybridized carbons (Fsp3) is 0.462. The maximum atomic E-state index is 12.0. The lowest BCUT2D eigenvalue weighted by atomic mass is 10.2. The number of methoxy groups -OCH3 is 2. The van der Waals surface area contributed by atoms with Gasteiger partial charge in [0, 0.05) is 19.2 Å². The van der Waals surface area contributed by atoms with Crippen LogP contribution in [-0.2, 0) is 4.74 Å². The van der Waals surface area contributed by atoms with Crippen molar-refractivity contribution in [3.05, 3.63) is 21.3 Å². The van der Waals surface area contributed by atoms with Gasteiger partial charge in [0.15, 0.2) is 11.5 Å². The van der Waals surface area contributed by atoms with Crippen molar-refractivity contribution in [1.29, 1.82) is 0 Å². The van der Waals surface area contributed by atoms with E-state index in [-0.39, 0.29) is 5.91 Å². The van der Waals surface area contributed by atoms with E-state index in [1.807, 2.05) is 6.92 Å². The largest absolute Gasteiger partial charge is 0.492 e. The Morgan fingerprint density at radius 1 is 1.37 bits per heavy atom. The van der Waals surface area contributed by atoms with Gasteiger partial charge >= 0.3 is 0 Å². The van der Waals surface area contributed by atoms with Gasteiger partial charge in [0.1, 0.15) is 0 Å². The van der Waals surface area contributed by atoms with Crippen molar-refractivity contribution < 1.29 is 19.0 Å². The van der Waals surface area contributed by atoms with Crippen LogP contribution in [0.2, 0.25) is 0 Å². The van der Waals surface area contributed by atoms with E-state index < -0.39 is 0 Å². The van der Waals surface area contributed by atoms with Crippen LogP contribution >= 0.6 is 22.6 Å². The molecule has 0 spiro atoms. The first kappa shape index (κ1) is 16.0. The standard InChI is InChI=1S/C13H18INO4/c1-4-19-11-8-9(7-10(14)12(11)18-3)13(16)15-5-6-17-2/h7-8H,4-6H2,1-3H3,(H,15,16). The summed E-state index contributed by atoms with van der Waals surface area (Å²) in [6.45, 7) is 3.36. The molecule has 106 valence electrons. The Morgan fingerprint density at radius 3 is 2.68 bits per heavy atom. The van der Waals surface area contributed by atoms with Crippen LogP contribution < -0.4 is 14.8 Å². The molecule has 0 aromatic heterocycles. The van der Waals surface area contributed by atoms with Crippen molar-refractivity contribution in [3.8, 4) is 11.5 Å². The van der Waals surface area contributed by atoms with Crippen molar-refractivity contribution in [2.75, 3.05) is 34.0 Å². The molecule has 0 bridgehead atoms. The quantitative estimate of drug-likeness (QED) is 0.582. The highest BCUT2D eigenvalue weighted by atomic mass is 127. The molecule has 0 saturated carbocycles. The van der Waals surface area contributed by atoms with E-state index >= 15 is 0 Å². The van der Waals surface area contributed by atoms with Gasteiger partial charge in [-0.1, -0.05) is 0 Å². The van der Waals surface area contributed by atoms with Gasteiger partial charge in [-0.3, -0.25) is 4.79 Å². The number of ether oxygens (including phenoxy) is 3. The topological polar surface area (TPSA) is 56.8 Å². The van der Waals surface area contributed by atoms with Gasteiger partial charge in [0.25, 0.3) is 5.91 Å². The van der Waals surface area contributed by atoms with E-state index in [1.54, 1.807) is 26.4 Å². The van der Waals surface area contributed by atoms with Crippen LogP contribution in [0.1, 0.15) is 17.3 Å². The van der Waals surface area contributed by atoms with Crippen molar-refractivity contribution >= 4 is 28.5 Å². The molecule has 0 aliphatic rings. The Hall–Kier alpha value is -1.02. The number of benzene rings is 1. The van der Waals surface area contributed by atoms with Crippen LogP contribution in [0.15, 0.2) is 12.1 Å². The first-order valence-corrected chi connectivity index (χ1v) is 6.99. The molecular formula is C13H18INO4. The second-order valence-electron chi connectivity index (χ2n) is 3.67. The Labute approximate surface area is 126 Å². The molecule has 0 unspecified atom stereocenters. The molecule has 1 rings (SSSR count). The summed E-state index contributed by atoms with van der Waals surface area (Å²) >= 11 is 2.12. The predicted octanol–water partition coefficient (Wildman–Crippen LogP) is 2.07. The second-order valence-corrected chi connectivity index (χ2v) is 4.83. The lowest BCUT2D eigenvalue weighted by Crippen LogP contribution is -2.27. The fourth-order valence-corrected chi connectivity index (χ4v) is 2.35. The molecule has 0 atom stereocenters. The van der Waals surface area contributed by atoms with Crippen LogP contribution in [0.5, 0.6) is 11.5 Å². The average Bonchev–Trinajstić information content (AvgIpc) is 2.39. The molecule has 1 aromatic rings. The molecule has 1 amide bonds. The third kappa shape index (κ3) is 4.54. The van der Waals surface area contributed by atoms with Gasteiger partial charge < -0.3 is 19.5 Å². The molecule has 0 aliphatic carbocycles. The molecular weight excluding hydrogens is 361 g/mol. The molecule has 0 heterocycles. The van der Waals surface area contributed by atoms with Gasteiger partial charge in [0.2, 0.25) is 0 Å². The fourth-order valence-electron chi connectivity index (χ4n) is 1.53. The monoisotopic (exact) mass is 379 g/mol.